The Bertz CT molecular complexity index is 1080. The Morgan fingerprint density at radius 1 is 1.20 bits per heavy atom. The van der Waals surface area contributed by atoms with Crippen molar-refractivity contribution >= 4 is 23.5 Å². The van der Waals surface area contributed by atoms with Crippen LogP contribution in [0.5, 0.6) is 11.5 Å². The highest BCUT2D eigenvalue weighted by Gasteiger charge is 2.49. The minimum atomic E-state index is -1.32. The van der Waals surface area contributed by atoms with Crippen molar-refractivity contribution < 1.29 is 23.9 Å². The van der Waals surface area contributed by atoms with Crippen LogP contribution in [0.1, 0.15) is 18.1 Å². The van der Waals surface area contributed by atoms with Crippen molar-refractivity contribution in [3.63, 3.8) is 0 Å². The fourth-order valence-electron chi connectivity index (χ4n) is 3.39. The van der Waals surface area contributed by atoms with E-state index in [2.05, 4.69) is 10.6 Å². The number of nitrogens with zero attached hydrogens (tertiary/aromatic N) is 2. The summed E-state index contributed by atoms with van der Waals surface area (Å²) in [5.41, 5.74) is 0.537. The van der Waals surface area contributed by atoms with Gasteiger partial charge in [0.2, 0.25) is 12.7 Å². The number of fused-ring (bicyclic) bond motifs is 1. The highest BCUT2D eigenvalue weighted by atomic mass is 16.7. The van der Waals surface area contributed by atoms with Crippen LogP contribution in [0.4, 0.5) is 10.5 Å². The Kier molecular flexibility index (Phi) is 4.75. The first-order valence-electron chi connectivity index (χ1n) is 9.21. The van der Waals surface area contributed by atoms with Gasteiger partial charge in [0.25, 0.3) is 5.91 Å². The molecule has 152 valence electrons. The molecule has 2 aliphatic heterocycles. The van der Waals surface area contributed by atoms with Gasteiger partial charge in [-0.1, -0.05) is 18.2 Å². The van der Waals surface area contributed by atoms with Crippen molar-refractivity contribution in [3.8, 4) is 17.6 Å². The molecule has 2 aromatic rings. The van der Waals surface area contributed by atoms with Crippen molar-refractivity contribution in [3.05, 3.63) is 53.6 Å². The summed E-state index contributed by atoms with van der Waals surface area (Å²) < 4.78 is 10.6. The summed E-state index contributed by atoms with van der Waals surface area (Å²) in [6.45, 7) is 1.25. The number of anilines is 1. The number of ether oxygens (including phenoxy) is 2. The molecule has 2 heterocycles. The Hall–Kier alpha value is -4.06. The molecule has 2 aromatic carbocycles. The maximum absolute atomic E-state index is 13.0. The summed E-state index contributed by atoms with van der Waals surface area (Å²) in [6.07, 6.45) is 0.273. The number of imide groups is 1. The molecule has 9 heteroatoms. The van der Waals surface area contributed by atoms with Crippen molar-refractivity contribution in [2.45, 2.75) is 18.9 Å². The van der Waals surface area contributed by atoms with Crippen molar-refractivity contribution in [1.82, 2.24) is 10.2 Å². The minimum absolute atomic E-state index is 0.0968. The Balaban J connectivity index is 1.46. The van der Waals surface area contributed by atoms with E-state index < -0.39 is 29.9 Å². The summed E-state index contributed by atoms with van der Waals surface area (Å²) in [6, 6.07) is 13.2. The number of nitrogens with one attached hydrogen (secondary N) is 2. The lowest BCUT2D eigenvalue weighted by molar-refractivity contribution is -0.133. The second-order valence-electron chi connectivity index (χ2n) is 7.09. The lowest BCUT2D eigenvalue weighted by Crippen LogP contribution is -2.42. The Morgan fingerprint density at radius 3 is 2.67 bits per heavy atom. The first-order chi connectivity index (χ1) is 14.4. The number of carbonyl (C=O) groups excluding carboxylic acids is 3. The van der Waals surface area contributed by atoms with Gasteiger partial charge in [-0.15, -0.1) is 0 Å². The summed E-state index contributed by atoms with van der Waals surface area (Å²) in [5, 5.41) is 14.0. The smallest absolute Gasteiger partial charge is 0.325 e. The van der Waals surface area contributed by atoms with Gasteiger partial charge in [-0.25, -0.2) is 4.79 Å². The molecule has 1 fully saturated rings. The standard InChI is InChI=1S/C21H18N4O5/c1-21(14-4-7-16-17(10-14)30-12-29-16)19(27)25(20(28)24-21)11-18(26)23-15-5-2-13(3-6-15)8-9-22/h2-7,10H,8,11-12H2,1H3,(H,23,26)(H,24,28)/t21-/m0/s1. The van der Waals surface area contributed by atoms with Crippen LogP contribution in [0.2, 0.25) is 0 Å². The van der Waals surface area contributed by atoms with E-state index in [-0.39, 0.29) is 13.2 Å². The van der Waals surface area contributed by atoms with E-state index in [1.807, 2.05) is 6.07 Å². The summed E-state index contributed by atoms with van der Waals surface area (Å²) in [5.74, 6) is 0.00955. The Morgan fingerprint density at radius 2 is 1.93 bits per heavy atom. The summed E-state index contributed by atoms with van der Waals surface area (Å²) in [4.78, 5) is 38.7. The van der Waals surface area contributed by atoms with Gasteiger partial charge in [0.05, 0.1) is 12.5 Å². The normalized spacial score (nSPS) is 19.4. The third kappa shape index (κ3) is 3.39. The highest BCUT2D eigenvalue weighted by Crippen LogP contribution is 2.37. The number of benzene rings is 2. The van der Waals surface area contributed by atoms with Crippen LogP contribution in [0.3, 0.4) is 0 Å². The van der Waals surface area contributed by atoms with Crippen LogP contribution < -0.4 is 20.1 Å². The van der Waals surface area contributed by atoms with Crippen molar-refractivity contribution in [2.24, 2.45) is 0 Å². The quantitative estimate of drug-likeness (QED) is 0.732. The first kappa shape index (κ1) is 19.3. The second-order valence-corrected chi connectivity index (χ2v) is 7.09. The van der Waals surface area contributed by atoms with Crippen LogP contribution in [-0.4, -0.2) is 36.1 Å². The molecule has 0 saturated carbocycles. The number of amides is 4. The van der Waals surface area contributed by atoms with Gasteiger partial charge in [0.1, 0.15) is 12.1 Å². The van der Waals surface area contributed by atoms with Crippen molar-refractivity contribution in [2.75, 3.05) is 18.7 Å². The average Bonchev–Trinajstić information content (AvgIpc) is 3.28. The molecule has 0 radical (unpaired) electrons. The van der Waals surface area contributed by atoms with Crippen LogP contribution in [-0.2, 0) is 21.5 Å². The van der Waals surface area contributed by atoms with Gasteiger partial charge in [0.15, 0.2) is 11.5 Å². The third-order valence-electron chi connectivity index (χ3n) is 5.05. The van der Waals surface area contributed by atoms with Gasteiger partial charge in [-0.2, -0.15) is 5.26 Å². The highest BCUT2D eigenvalue weighted by molar-refractivity contribution is 6.10. The molecule has 0 aromatic heterocycles. The fourth-order valence-corrected chi connectivity index (χ4v) is 3.39. The molecular formula is C21H18N4O5. The molecule has 1 atom stereocenters. The summed E-state index contributed by atoms with van der Waals surface area (Å²) in [7, 11) is 0. The van der Waals surface area contributed by atoms with Gasteiger partial charge in [-0.05, 0) is 42.3 Å². The lowest BCUT2D eigenvalue weighted by atomic mass is 9.91. The molecule has 1 saturated heterocycles. The molecule has 30 heavy (non-hydrogen) atoms. The first-order valence-corrected chi connectivity index (χ1v) is 9.21. The van der Waals surface area contributed by atoms with Crippen LogP contribution >= 0.6 is 0 Å². The van der Waals surface area contributed by atoms with Crippen LogP contribution in [0.25, 0.3) is 0 Å². The molecule has 4 rings (SSSR count). The number of nitriles is 1. The molecule has 2 N–H and O–H groups in total. The van der Waals surface area contributed by atoms with Gasteiger partial charge in [0, 0.05) is 5.69 Å². The van der Waals surface area contributed by atoms with Crippen LogP contribution in [0, 0.1) is 11.3 Å². The predicted molar refractivity (Wildman–Crippen MR) is 105 cm³/mol. The maximum Gasteiger partial charge on any atom is 0.325 e. The zero-order chi connectivity index (χ0) is 21.3. The number of urea groups is 1. The monoisotopic (exact) mass is 406 g/mol. The van der Waals surface area contributed by atoms with E-state index in [4.69, 9.17) is 14.7 Å². The van der Waals surface area contributed by atoms with E-state index in [0.29, 0.717) is 22.7 Å². The molecule has 0 spiro atoms. The van der Waals surface area contributed by atoms with E-state index in [9.17, 15) is 14.4 Å². The second kappa shape index (κ2) is 7.40. The van der Waals surface area contributed by atoms with E-state index in [1.54, 1.807) is 49.4 Å². The maximum atomic E-state index is 13.0. The SMILES string of the molecule is C[C@@]1(c2ccc3c(c2)OCO3)NC(=O)N(CC(=O)Nc2ccc(CC#N)cc2)C1=O. The zero-order valence-electron chi connectivity index (χ0n) is 16.1. The topological polar surface area (TPSA) is 121 Å². The van der Waals surface area contributed by atoms with Crippen LogP contribution in [0.15, 0.2) is 42.5 Å². The third-order valence-corrected chi connectivity index (χ3v) is 5.05. The van der Waals surface area contributed by atoms with E-state index >= 15 is 0 Å². The van der Waals surface area contributed by atoms with Gasteiger partial charge < -0.3 is 20.1 Å². The molecule has 0 bridgehead atoms. The predicted octanol–water partition coefficient (Wildman–Crippen LogP) is 1.89. The lowest BCUT2D eigenvalue weighted by Gasteiger charge is -2.22. The number of carbonyl (C=O) groups is 3. The molecule has 2 aliphatic rings. The van der Waals surface area contributed by atoms with Crippen molar-refractivity contribution in [1.29, 1.82) is 5.26 Å². The van der Waals surface area contributed by atoms with Gasteiger partial charge in [-0.3, -0.25) is 14.5 Å². The molecule has 0 aliphatic carbocycles. The fraction of sp³-hybridized carbons (Fsp3) is 0.238. The summed E-state index contributed by atoms with van der Waals surface area (Å²) >= 11 is 0. The minimum Gasteiger partial charge on any atom is -0.454 e. The van der Waals surface area contributed by atoms with Gasteiger partial charge >= 0.3 is 6.03 Å². The average molecular weight is 406 g/mol. The number of rotatable bonds is 5. The Labute approximate surface area is 172 Å². The molecule has 0 unspecified atom stereocenters. The number of hydrogen-bond donors (Lipinski definition) is 2. The largest absolute Gasteiger partial charge is 0.454 e. The number of hydrogen-bond acceptors (Lipinski definition) is 6. The zero-order valence-corrected chi connectivity index (χ0v) is 16.1. The van der Waals surface area contributed by atoms with E-state index in [1.165, 1.54) is 0 Å². The molecule has 4 amide bonds. The van der Waals surface area contributed by atoms with E-state index in [0.717, 1.165) is 10.5 Å². The molecule has 9 nitrogen and oxygen atoms in total. The molecular weight excluding hydrogens is 388 g/mol.